The molecule has 2 rings (SSSR count). The number of nitriles is 1. The van der Waals surface area contributed by atoms with E-state index in [1.807, 2.05) is 19.9 Å². The number of benzene rings is 1. The molecule has 0 saturated carbocycles. The Morgan fingerprint density at radius 3 is 2.48 bits per heavy atom. The van der Waals surface area contributed by atoms with E-state index in [0.29, 0.717) is 16.8 Å². The second kappa shape index (κ2) is 8.44. The quantitative estimate of drug-likeness (QED) is 0.658. The lowest BCUT2D eigenvalue weighted by atomic mass is 10.0. The molecule has 1 aromatic heterocycles. The first-order valence-corrected chi connectivity index (χ1v) is 7.21. The maximum atomic E-state index is 10.3. The molecule has 0 aliphatic carbocycles. The highest BCUT2D eigenvalue weighted by molar-refractivity contribution is 5.93. The van der Waals surface area contributed by atoms with Crippen LogP contribution in [0.3, 0.4) is 0 Å². The number of aromatic hydroxyl groups is 1. The number of hydrogen-bond donors (Lipinski definition) is 2. The van der Waals surface area contributed by atoms with Crippen molar-refractivity contribution in [3.05, 3.63) is 53.3 Å². The molecule has 1 heterocycles. The topological polar surface area (TPSA) is 86.4 Å². The molecule has 0 bridgehead atoms. The molecule has 0 aliphatic rings. The number of phenolic OH excluding ortho intramolecular Hbond substituents is 1. The molecule has 5 heteroatoms. The van der Waals surface area contributed by atoms with Gasteiger partial charge in [-0.05, 0) is 36.8 Å². The molecular formula is C18H20N2O3. The van der Waals surface area contributed by atoms with Crippen molar-refractivity contribution < 1.29 is 14.9 Å². The van der Waals surface area contributed by atoms with E-state index in [2.05, 4.69) is 4.98 Å². The fourth-order valence-electron chi connectivity index (χ4n) is 1.93. The van der Waals surface area contributed by atoms with E-state index < -0.39 is 0 Å². The fourth-order valence-corrected chi connectivity index (χ4v) is 1.93. The minimum atomic E-state index is -0.211. The minimum absolute atomic E-state index is 0.00499. The van der Waals surface area contributed by atoms with Gasteiger partial charge < -0.3 is 14.9 Å². The fraction of sp³-hybridized carbons (Fsp3) is 0.222. The zero-order chi connectivity index (χ0) is 17.4. The molecule has 0 amide bonds. The molecule has 23 heavy (non-hydrogen) atoms. The number of aliphatic hydroxyl groups excluding tert-OH is 1. The molecule has 0 fully saturated rings. The van der Waals surface area contributed by atoms with Gasteiger partial charge in [-0.2, -0.15) is 5.26 Å². The molecule has 0 unspecified atom stereocenters. The second-order valence-electron chi connectivity index (χ2n) is 4.39. The van der Waals surface area contributed by atoms with Gasteiger partial charge in [0.25, 0.3) is 0 Å². The molecule has 2 N–H and O–H groups in total. The molecule has 2 aromatic rings. The van der Waals surface area contributed by atoms with Gasteiger partial charge in [-0.15, -0.1) is 0 Å². The van der Waals surface area contributed by atoms with Crippen molar-refractivity contribution in [3.63, 3.8) is 0 Å². The van der Waals surface area contributed by atoms with E-state index in [1.165, 1.54) is 13.2 Å². The van der Waals surface area contributed by atoms with Crippen LogP contribution in [0.1, 0.15) is 30.7 Å². The zero-order valence-corrected chi connectivity index (χ0v) is 13.7. The highest BCUT2D eigenvalue weighted by Gasteiger charge is 2.15. The number of aromatic nitrogens is 1. The van der Waals surface area contributed by atoms with E-state index in [4.69, 9.17) is 4.74 Å². The van der Waals surface area contributed by atoms with Crippen LogP contribution in [0, 0.1) is 18.3 Å². The van der Waals surface area contributed by atoms with Crippen molar-refractivity contribution in [3.8, 4) is 17.6 Å². The molecule has 0 radical (unpaired) electrons. The Kier molecular flexibility index (Phi) is 6.63. The van der Waals surface area contributed by atoms with Crippen molar-refractivity contribution in [1.82, 2.24) is 4.98 Å². The molecule has 0 aliphatic heterocycles. The van der Waals surface area contributed by atoms with Crippen LogP contribution < -0.4 is 4.74 Å². The van der Waals surface area contributed by atoms with Gasteiger partial charge in [0.05, 0.1) is 12.8 Å². The summed E-state index contributed by atoms with van der Waals surface area (Å²) in [4.78, 5) is 4.06. The Morgan fingerprint density at radius 2 is 1.96 bits per heavy atom. The van der Waals surface area contributed by atoms with Crippen LogP contribution in [0.25, 0.3) is 11.3 Å². The third-order valence-electron chi connectivity index (χ3n) is 3.03. The summed E-state index contributed by atoms with van der Waals surface area (Å²) in [6.07, 6.45) is 1.54. The lowest BCUT2D eigenvalue weighted by Crippen LogP contribution is -1.95. The number of allylic oxidation sites excluding steroid dienone is 1. The number of pyridine rings is 1. The van der Waals surface area contributed by atoms with E-state index in [-0.39, 0.29) is 22.8 Å². The predicted molar refractivity (Wildman–Crippen MR) is 90.0 cm³/mol. The standard InChI is InChI=1S/C16H14N2O3.C2H6/c1-10-7-11(8-14(21-2)15(10)19)16(20)12(9-17)13-5-3-4-6-18-13;1-2/h3-8,19-20H,1-2H3;1-2H3/b16-12-;. The smallest absolute Gasteiger partial charge is 0.161 e. The number of nitrogens with zero attached hydrogens (tertiary/aromatic N) is 2. The first-order chi connectivity index (χ1) is 11.1. The summed E-state index contributed by atoms with van der Waals surface area (Å²) in [5.41, 5.74) is 1.35. The number of phenols is 1. The van der Waals surface area contributed by atoms with E-state index >= 15 is 0 Å². The SMILES string of the molecule is CC.COc1cc(/C(O)=C(\C#N)c2ccccn2)cc(C)c1O. The number of methoxy groups -OCH3 is 1. The maximum absolute atomic E-state index is 10.3. The van der Waals surface area contributed by atoms with Crippen molar-refractivity contribution >= 4 is 11.3 Å². The number of ether oxygens (including phenoxy) is 1. The number of aliphatic hydroxyl groups is 1. The average molecular weight is 312 g/mol. The Bertz CT molecular complexity index is 732. The van der Waals surface area contributed by atoms with Gasteiger partial charge in [-0.3, -0.25) is 4.98 Å². The Balaban J connectivity index is 0.00000127. The predicted octanol–water partition coefficient (Wildman–Crippen LogP) is 4.08. The normalized spacial score (nSPS) is 10.7. The zero-order valence-electron chi connectivity index (χ0n) is 13.7. The summed E-state index contributed by atoms with van der Waals surface area (Å²) in [6, 6.07) is 10.1. The molecule has 5 nitrogen and oxygen atoms in total. The van der Waals surface area contributed by atoms with Gasteiger partial charge in [0, 0.05) is 11.8 Å². The van der Waals surface area contributed by atoms with Gasteiger partial charge in [0.1, 0.15) is 17.4 Å². The van der Waals surface area contributed by atoms with Gasteiger partial charge >= 0.3 is 0 Å². The Morgan fingerprint density at radius 1 is 1.26 bits per heavy atom. The number of hydrogen-bond acceptors (Lipinski definition) is 5. The van der Waals surface area contributed by atoms with E-state index in [9.17, 15) is 15.5 Å². The molecule has 1 aromatic carbocycles. The van der Waals surface area contributed by atoms with Crippen LogP contribution in [0.2, 0.25) is 0 Å². The van der Waals surface area contributed by atoms with E-state index in [1.54, 1.807) is 37.4 Å². The second-order valence-corrected chi connectivity index (χ2v) is 4.39. The third kappa shape index (κ3) is 4.01. The molecule has 120 valence electrons. The van der Waals surface area contributed by atoms with Crippen LogP contribution >= 0.6 is 0 Å². The van der Waals surface area contributed by atoms with E-state index in [0.717, 1.165) is 0 Å². The van der Waals surface area contributed by atoms with Crippen molar-refractivity contribution in [2.75, 3.05) is 7.11 Å². The van der Waals surface area contributed by atoms with Gasteiger partial charge in [-0.25, -0.2) is 0 Å². The van der Waals surface area contributed by atoms with Crippen LogP contribution in [0.5, 0.6) is 11.5 Å². The van der Waals surface area contributed by atoms with Crippen molar-refractivity contribution in [2.24, 2.45) is 0 Å². The van der Waals surface area contributed by atoms with Crippen molar-refractivity contribution in [2.45, 2.75) is 20.8 Å². The first kappa shape index (κ1) is 18.1. The molecule has 0 spiro atoms. The van der Waals surface area contributed by atoms with Gasteiger partial charge in [-0.1, -0.05) is 19.9 Å². The Labute approximate surface area is 136 Å². The van der Waals surface area contributed by atoms with Gasteiger partial charge in [0.15, 0.2) is 11.5 Å². The summed E-state index contributed by atoms with van der Waals surface area (Å²) in [7, 11) is 1.42. The lowest BCUT2D eigenvalue weighted by Gasteiger charge is -2.10. The average Bonchev–Trinajstić information content (AvgIpc) is 2.60. The molecule has 0 atom stereocenters. The van der Waals surface area contributed by atoms with Crippen molar-refractivity contribution in [1.29, 1.82) is 5.26 Å². The highest BCUT2D eigenvalue weighted by atomic mass is 16.5. The van der Waals surface area contributed by atoms with Crippen LogP contribution in [0.4, 0.5) is 0 Å². The summed E-state index contributed by atoms with van der Waals surface area (Å²) >= 11 is 0. The largest absolute Gasteiger partial charge is 0.506 e. The van der Waals surface area contributed by atoms with Crippen LogP contribution in [-0.4, -0.2) is 22.3 Å². The highest BCUT2D eigenvalue weighted by Crippen LogP contribution is 2.34. The summed E-state index contributed by atoms with van der Waals surface area (Å²) in [5.74, 6) is 0.0258. The monoisotopic (exact) mass is 312 g/mol. The summed E-state index contributed by atoms with van der Waals surface area (Å²) in [6.45, 7) is 5.68. The van der Waals surface area contributed by atoms with Crippen LogP contribution in [0.15, 0.2) is 36.5 Å². The summed E-state index contributed by atoms with van der Waals surface area (Å²) in [5, 5.41) is 29.4. The third-order valence-corrected chi connectivity index (χ3v) is 3.03. The number of aryl methyl sites for hydroxylation is 1. The maximum Gasteiger partial charge on any atom is 0.161 e. The number of rotatable bonds is 3. The summed E-state index contributed by atoms with van der Waals surface area (Å²) < 4.78 is 5.05. The minimum Gasteiger partial charge on any atom is -0.506 e. The lowest BCUT2D eigenvalue weighted by molar-refractivity contribution is 0.371. The molecule has 0 saturated heterocycles. The molecular weight excluding hydrogens is 292 g/mol. The van der Waals surface area contributed by atoms with Crippen LogP contribution in [-0.2, 0) is 0 Å². The Hall–Kier alpha value is -3.00. The van der Waals surface area contributed by atoms with Gasteiger partial charge in [0.2, 0.25) is 0 Å². The first-order valence-electron chi connectivity index (χ1n) is 7.21.